The van der Waals surface area contributed by atoms with Crippen LogP contribution in [-0.2, 0) is 14.6 Å². The van der Waals surface area contributed by atoms with Crippen LogP contribution in [0.3, 0.4) is 0 Å². The molecule has 0 bridgehead atoms. The zero-order valence-corrected chi connectivity index (χ0v) is 24.3. The van der Waals surface area contributed by atoms with Gasteiger partial charge in [-0.15, -0.1) is 0 Å². The van der Waals surface area contributed by atoms with Gasteiger partial charge in [-0.05, 0) is 56.0 Å². The van der Waals surface area contributed by atoms with E-state index in [2.05, 4.69) is 16.1 Å². The first-order chi connectivity index (χ1) is 20.7. The highest BCUT2D eigenvalue weighted by Gasteiger charge is 2.47. The number of anilines is 1. The fraction of sp³-hybridized carbons (Fsp3) is 0.452. The standard InChI is InChI=1S/C31H32F2N4O5S/c32-30(33)41-23-5-3-4-21(18-23)29-35-26(20-8-10-22(11-9-20)37-14-16-43(39,40)17-15-37)27(42-29)24-6-1-2-7-25(24)28(38)36-31(19-34)12-13-31/h3-5,8-11,18,24-25,30H,1-2,6-7,12-17H2,(H,36,38). The first kappa shape index (κ1) is 29.1. The Bertz CT molecular complexity index is 1630. The lowest BCUT2D eigenvalue weighted by atomic mass is 9.76. The highest BCUT2D eigenvalue weighted by Crippen LogP contribution is 2.45. The minimum atomic E-state index is -3.01. The molecule has 12 heteroatoms. The lowest BCUT2D eigenvalue weighted by molar-refractivity contribution is -0.127. The molecule has 1 aliphatic heterocycles. The van der Waals surface area contributed by atoms with Crippen molar-refractivity contribution < 1.29 is 31.1 Å². The molecule has 2 heterocycles. The lowest BCUT2D eigenvalue weighted by Gasteiger charge is -2.30. The Morgan fingerprint density at radius 2 is 1.81 bits per heavy atom. The Hall–Kier alpha value is -3.98. The molecule has 2 saturated carbocycles. The number of alkyl halides is 2. The molecule has 9 nitrogen and oxygen atoms in total. The van der Waals surface area contributed by atoms with E-state index in [0.29, 0.717) is 55.8 Å². The van der Waals surface area contributed by atoms with Gasteiger partial charge in [0.25, 0.3) is 0 Å². The Labute approximate surface area is 248 Å². The maximum absolute atomic E-state index is 13.5. The number of sulfone groups is 1. The summed E-state index contributed by atoms with van der Waals surface area (Å²) in [6, 6.07) is 16.0. The molecule has 3 aliphatic rings. The van der Waals surface area contributed by atoms with Gasteiger partial charge in [0.15, 0.2) is 9.84 Å². The van der Waals surface area contributed by atoms with E-state index in [-0.39, 0.29) is 35.0 Å². The van der Waals surface area contributed by atoms with Crippen molar-refractivity contribution in [2.75, 3.05) is 29.5 Å². The Kier molecular flexibility index (Phi) is 7.85. The van der Waals surface area contributed by atoms with Gasteiger partial charge in [-0.25, -0.2) is 13.4 Å². The SMILES string of the molecule is N#CC1(NC(=O)C2CCCCC2c2oc(-c3cccc(OC(F)F)c3)nc2-c2ccc(N3CCS(=O)(=O)CC3)cc2)CC1. The molecule has 1 N–H and O–H groups in total. The van der Waals surface area contributed by atoms with Gasteiger partial charge in [-0.2, -0.15) is 14.0 Å². The number of carbonyl (C=O) groups excluding carboxylic acids is 1. The van der Waals surface area contributed by atoms with Crippen LogP contribution >= 0.6 is 0 Å². The second-order valence-corrected chi connectivity index (χ2v) is 13.8. The molecule has 2 atom stereocenters. The van der Waals surface area contributed by atoms with Crippen LogP contribution in [0, 0.1) is 17.2 Å². The molecule has 2 unspecified atom stereocenters. The van der Waals surface area contributed by atoms with Crippen molar-refractivity contribution in [3.8, 4) is 34.5 Å². The normalized spacial score (nSPS) is 22.5. The minimum Gasteiger partial charge on any atom is -0.440 e. The van der Waals surface area contributed by atoms with E-state index in [9.17, 15) is 27.3 Å². The van der Waals surface area contributed by atoms with Crippen LogP contribution < -0.4 is 15.0 Å². The van der Waals surface area contributed by atoms with Gasteiger partial charge in [0.05, 0.1) is 17.6 Å². The van der Waals surface area contributed by atoms with Crippen LogP contribution in [0.5, 0.6) is 5.75 Å². The zero-order chi connectivity index (χ0) is 30.2. The summed E-state index contributed by atoms with van der Waals surface area (Å²) in [5.74, 6) is 0.0624. The van der Waals surface area contributed by atoms with Crippen LogP contribution in [-0.4, -0.2) is 56.1 Å². The fourth-order valence-electron chi connectivity index (χ4n) is 6.00. The van der Waals surface area contributed by atoms with Crippen molar-refractivity contribution in [3.63, 3.8) is 0 Å². The van der Waals surface area contributed by atoms with Gasteiger partial charge in [0, 0.05) is 41.7 Å². The zero-order valence-electron chi connectivity index (χ0n) is 23.5. The van der Waals surface area contributed by atoms with E-state index in [1.165, 1.54) is 12.1 Å². The molecule has 3 aromatic rings. The third-order valence-electron chi connectivity index (χ3n) is 8.58. The van der Waals surface area contributed by atoms with Crippen molar-refractivity contribution in [2.24, 2.45) is 5.92 Å². The third kappa shape index (κ3) is 6.37. The van der Waals surface area contributed by atoms with Crippen LogP contribution in [0.4, 0.5) is 14.5 Å². The molecular formula is C31H32F2N4O5S. The maximum Gasteiger partial charge on any atom is 0.387 e. The summed E-state index contributed by atoms with van der Waals surface area (Å²) in [5, 5.41) is 12.5. The van der Waals surface area contributed by atoms with E-state index in [4.69, 9.17) is 9.40 Å². The van der Waals surface area contributed by atoms with E-state index in [1.807, 2.05) is 29.2 Å². The molecule has 0 radical (unpaired) electrons. The number of nitriles is 1. The van der Waals surface area contributed by atoms with Crippen molar-refractivity contribution >= 4 is 21.4 Å². The molecule has 2 aliphatic carbocycles. The van der Waals surface area contributed by atoms with Crippen LogP contribution in [0.15, 0.2) is 52.9 Å². The summed E-state index contributed by atoms with van der Waals surface area (Å²) in [6.45, 7) is -2.14. The fourth-order valence-corrected chi connectivity index (χ4v) is 7.20. The quantitative estimate of drug-likeness (QED) is 0.365. The second kappa shape index (κ2) is 11.6. The third-order valence-corrected chi connectivity index (χ3v) is 10.2. The number of nitrogens with zero attached hydrogens (tertiary/aromatic N) is 3. The highest BCUT2D eigenvalue weighted by molar-refractivity contribution is 7.91. The summed E-state index contributed by atoms with van der Waals surface area (Å²) in [7, 11) is -3.01. The van der Waals surface area contributed by atoms with Crippen LogP contribution in [0.25, 0.3) is 22.7 Å². The predicted molar refractivity (Wildman–Crippen MR) is 155 cm³/mol. The van der Waals surface area contributed by atoms with Crippen molar-refractivity contribution in [1.29, 1.82) is 5.26 Å². The molecule has 2 aromatic carbocycles. The Balaban J connectivity index is 1.36. The van der Waals surface area contributed by atoms with Gasteiger partial charge in [0.1, 0.15) is 22.7 Å². The summed E-state index contributed by atoms with van der Waals surface area (Å²) in [4.78, 5) is 20.3. The molecule has 1 saturated heterocycles. The molecule has 1 aromatic heterocycles. The van der Waals surface area contributed by atoms with E-state index >= 15 is 0 Å². The number of aromatic nitrogens is 1. The number of hydrogen-bond donors (Lipinski definition) is 1. The number of amides is 1. The Morgan fingerprint density at radius 3 is 2.49 bits per heavy atom. The molecule has 0 spiro atoms. The molecule has 1 amide bonds. The Morgan fingerprint density at radius 1 is 1.09 bits per heavy atom. The number of rotatable bonds is 8. The predicted octanol–water partition coefficient (Wildman–Crippen LogP) is 5.29. The number of ether oxygens (including phenoxy) is 1. The summed E-state index contributed by atoms with van der Waals surface area (Å²) < 4.78 is 60.6. The second-order valence-electron chi connectivity index (χ2n) is 11.5. The molecule has 43 heavy (non-hydrogen) atoms. The van der Waals surface area contributed by atoms with Gasteiger partial charge >= 0.3 is 6.61 Å². The topological polar surface area (TPSA) is 126 Å². The van der Waals surface area contributed by atoms with Crippen molar-refractivity contribution in [1.82, 2.24) is 10.3 Å². The summed E-state index contributed by atoms with van der Waals surface area (Å²) >= 11 is 0. The molecular weight excluding hydrogens is 578 g/mol. The number of halogens is 2. The van der Waals surface area contributed by atoms with E-state index in [0.717, 1.165) is 24.1 Å². The largest absolute Gasteiger partial charge is 0.440 e. The van der Waals surface area contributed by atoms with Crippen LogP contribution in [0.1, 0.15) is 50.2 Å². The molecule has 226 valence electrons. The van der Waals surface area contributed by atoms with Gasteiger partial charge in [-0.1, -0.05) is 31.0 Å². The van der Waals surface area contributed by atoms with Crippen molar-refractivity contribution in [2.45, 2.75) is 56.6 Å². The van der Waals surface area contributed by atoms with Crippen LogP contribution in [0.2, 0.25) is 0 Å². The smallest absolute Gasteiger partial charge is 0.387 e. The average molecular weight is 611 g/mol. The summed E-state index contributed by atoms with van der Waals surface area (Å²) in [6.07, 6.45) is 4.36. The first-order valence-electron chi connectivity index (χ1n) is 14.5. The number of benzene rings is 2. The summed E-state index contributed by atoms with van der Waals surface area (Å²) in [5.41, 5.74) is 1.85. The van der Waals surface area contributed by atoms with E-state index in [1.54, 1.807) is 12.1 Å². The molecule has 3 fully saturated rings. The number of nitrogens with one attached hydrogen (secondary N) is 1. The van der Waals surface area contributed by atoms with Crippen molar-refractivity contribution in [3.05, 3.63) is 54.3 Å². The monoisotopic (exact) mass is 610 g/mol. The maximum atomic E-state index is 13.5. The highest BCUT2D eigenvalue weighted by atomic mass is 32.2. The number of hydrogen-bond acceptors (Lipinski definition) is 8. The van der Waals surface area contributed by atoms with Gasteiger partial charge in [-0.3, -0.25) is 4.79 Å². The average Bonchev–Trinajstić information content (AvgIpc) is 3.63. The minimum absolute atomic E-state index is 0.0251. The van der Waals surface area contributed by atoms with Gasteiger partial charge in [0.2, 0.25) is 11.8 Å². The lowest BCUT2D eigenvalue weighted by Crippen LogP contribution is -2.42. The van der Waals surface area contributed by atoms with E-state index < -0.39 is 27.9 Å². The molecule has 6 rings (SSSR count). The number of carbonyl (C=O) groups is 1. The van der Waals surface area contributed by atoms with Gasteiger partial charge < -0.3 is 19.4 Å². The first-order valence-corrected chi connectivity index (χ1v) is 16.3. The number of oxazole rings is 1.